The van der Waals surface area contributed by atoms with Gasteiger partial charge in [0.2, 0.25) is 0 Å². The van der Waals surface area contributed by atoms with E-state index in [4.69, 9.17) is 0 Å². The molecule has 3 N–H and O–H groups in total. The minimum atomic E-state index is -0.174. The number of hydrogen-bond donors (Lipinski definition) is 3. The zero-order chi connectivity index (χ0) is 14.1. The summed E-state index contributed by atoms with van der Waals surface area (Å²) in [6.07, 6.45) is 1.81. The van der Waals surface area contributed by atoms with Gasteiger partial charge >= 0.3 is 0 Å². The van der Waals surface area contributed by atoms with Gasteiger partial charge in [-0.3, -0.25) is 4.79 Å². The molecule has 3 aromatic rings. The maximum absolute atomic E-state index is 12.4. The Balaban J connectivity index is 1.95. The second kappa shape index (κ2) is 4.74. The molecule has 0 radical (unpaired) electrons. The van der Waals surface area contributed by atoms with Crippen molar-refractivity contribution in [2.24, 2.45) is 0 Å². The number of aromatic hydroxyl groups is 1. The standard InChI is InChI=1S/C16H14N2O2/c1-10-9-12(19)5-6-14(10)18-16(20)13-4-2-3-11-7-8-17-15(11)13/h2-9,17,19H,1H3,(H,18,20). The SMILES string of the molecule is Cc1cc(O)ccc1NC(=O)c1cccc2cc[nH]c12. The lowest BCUT2D eigenvalue weighted by atomic mass is 10.1. The van der Waals surface area contributed by atoms with Crippen molar-refractivity contribution in [1.82, 2.24) is 4.98 Å². The number of anilines is 1. The van der Waals surface area contributed by atoms with Crippen LogP contribution < -0.4 is 5.32 Å². The Morgan fingerprint density at radius 2 is 2.05 bits per heavy atom. The highest BCUT2D eigenvalue weighted by molar-refractivity contribution is 6.12. The average Bonchev–Trinajstić information content (AvgIpc) is 2.90. The van der Waals surface area contributed by atoms with E-state index in [1.807, 2.05) is 31.3 Å². The highest BCUT2D eigenvalue weighted by Crippen LogP contribution is 2.22. The minimum absolute atomic E-state index is 0.174. The maximum atomic E-state index is 12.4. The van der Waals surface area contributed by atoms with Gasteiger partial charge in [0.05, 0.1) is 11.1 Å². The van der Waals surface area contributed by atoms with E-state index < -0.39 is 0 Å². The molecule has 20 heavy (non-hydrogen) atoms. The van der Waals surface area contributed by atoms with Crippen LogP contribution in [0.2, 0.25) is 0 Å². The van der Waals surface area contributed by atoms with Gasteiger partial charge < -0.3 is 15.4 Å². The molecule has 0 unspecified atom stereocenters. The molecule has 0 fully saturated rings. The van der Waals surface area contributed by atoms with E-state index >= 15 is 0 Å². The summed E-state index contributed by atoms with van der Waals surface area (Å²) in [6, 6.07) is 12.4. The Kier molecular flexibility index (Phi) is 2.91. The third-order valence-corrected chi connectivity index (χ3v) is 3.29. The lowest BCUT2D eigenvalue weighted by Gasteiger charge is -2.09. The number of H-pyrrole nitrogens is 1. The number of amides is 1. The fourth-order valence-corrected chi connectivity index (χ4v) is 2.25. The van der Waals surface area contributed by atoms with Crippen LogP contribution in [0.5, 0.6) is 5.75 Å². The molecule has 0 saturated heterocycles. The highest BCUT2D eigenvalue weighted by atomic mass is 16.3. The third-order valence-electron chi connectivity index (χ3n) is 3.29. The van der Waals surface area contributed by atoms with Gasteiger partial charge in [-0.2, -0.15) is 0 Å². The molecule has 1 heterocycles. The van der Waals surface area contributed by atoms with E-state index in [2.05, 4.69) is 10.3 Å². The lowest BCUT2D eigenvalue weighted by molar-refractivity contribution is 0.102. The summed E-state index contributed by atoms with van der Waals surface area (Å²) in [6.45, 7) is 1.84. The fraction of sp³-hybridized carbons (Fsp3) is 0.0625. The number of para-hydroxylation sites is 1. The summed E-state index contributed by atoms with van der Waals surface area (Å²) in [5, 5.41) is 13.3. The molecule has 0 aliphatic carbocycles. The van der Waals surface area contributed by atoms with E-state index in [0.29, 0.717) is 11.3 Å². The Morgan fingerprint density at radius 3 is 2.85 bits per heavy atom. The Labute approximate surface area is 116 Å². The van der Waals surface area contributed by atoms with Crippen molar-refractivity contribution >= 4 is 22.5 Å². The number of nitrogens with one attached hydrogen (secondary N) is 2. The van der Waals surface area contributed by atoms with Gasteiger partial charge in [0.25, 0.3) is 5.91 Å². The number of fused-ring (bicyclic) bond motifs is 1. The minimum Gasteiger partial charge on any atom is -0.508 e. The number of benzene rings is 2. The smallest absolute Gasteiger partial charge is 0.257 e. The van der Waals surface area contributed by atoms with Crippen molar-refractivity contribution in [3.05, 3.63) is 59.8 Å². The molecule has 0 aliphatic rings. The highest BCUT2D eigenvalue weighted by Gasteiger charge is 2.12. The van der Waals surface area contributed by atoms with Gasteiger partial charge in [-0.15, -0.1) is 0 Å². The van der Waals surface area contributed by atoms with Gasteiger partial charge in [0.1, 0.15) is 5.75 Å². The Hall–Kier alpha value is -2.75. The van der Waals surface area contributed by atoms with Crippen LogP contribution in [0.15, 0.2) is 48.7 Å². The van der Waals surface area contributed by atoms with Crippen LogP contribution in [-0.2, 0) is 0 Å². The first kappa shape index (κ1) is 12.3. The van der Waals surface area contributed by atoms with Crippen molar-refractivity contribution in [3.8, 4) is 5.75 Å². The molecule has 100 valence electrons. The van der Waals surface area contributed by atoms with Crippen molar-refractivity contribution in [2.45, 2.75) is 6.92 Å². The predicted octanol–water partition coefficient (Wildman–Crippen LogP) is 3.43. The number of aromatic amines is 1. The van der Waals surface area contributed by atoms with Crippen LogP contribution in [-0.4, -0.2) is 16.0 Å². The Bertz CT molecular complexity index is 790. The number of carbonyl (C=O) groups excluding carboxylic acids is 1. The van der Waals surface area contributed by atoms with Crippen LogP contribution in [0.25, 0.3) is 10.9 Å². The molecule has 0 saturated carbocycles. The molecular formula is C16H14N2O2. The normalized spacial score (nSPS) is 10.7. The van der Waals surface area contributed by atoms with Crippen LogP contribution in [0.1, 0.15) is 15.9 Å². The van der Waals surface area contributed by atoms with Gasteiger partial charge in [-0.25, -0.2) is 0 Å². The third kappa shape index (κ3) is 2.12. The monoisotopic (exact) mass is 266 g/mol. The van der Waals surface area contributed by atoms with Crippen LogP contribution in [0, 0.1) is 6.92 Å². The number of aromatic nitrogens is 1. The zero-order valence-electron chi connectivity index (χ0n) is 11.0. The summed E-state index contributed by atoms with van der Waals surface area (Å²) in [7, 11) is 0. The molecule has 3 rings (SSSR count). The van der Waals surface area contributed by atoms with Gasteiger partial charge in [0, 0.05) is 17.3 Å². The van der Waals surface area contributed by atoms with Gasteiger partial charge in [0.15, 0.2) is 0 Å². The number of aryl methyl sites for hydroxylation is 1. The summed E-state index contributed by atoms with van der Waals surface area (Å²) in [5.41, 5.74) is 2.93. The second-order valence-electron chi connectivity index (χ2n) is 4.70. The van der Waals surface area contributed by atoms with Crippen LogP contribution in [0.3, 0.4) is 0 Å². The van der Waals surface area contributed by atoms with Crippen molar-refractivity contribution in [3.63, 3.8) is 0 Å². The lowest BCUT2D eigenvalue weighted by Crippen LogP contribution is -2.13. The quantitative estimate of drug-likeness (QED) is 0.622. The number of carbonyl (C=O) groups is 1. The summed E-state index contributed by atoms with van der Waals surface area (Å²) in [5.74, 6) is 0.0128. The second-order valence-corrected chi connectivity index (χ2v) is 4.70. The van der Waals surface area contributed by atoms with Crippen molar-refractivity contribution in [2.75, 3.05) is 5.32 Å². The number of rotatable bonds is 2. The van der Waals surface area contributed by atoms with E-state index in [-0.39, 0.29) is 11.7 Å². The van der Waals surface area contributed by atoms with Crippen LogP contribution in [0.4, 0.5) is 5.69 Å². The number of hydrogen-bond acceptors (Lipinski definition) is 2. The Morgan fingerprint density at radius 1 is 1.20 bits per heavy atom. The molecule has 1 aromatic heterocycles. The number of phenolic OH excluding ortho intramolecular Hbond substituents is 1. The predicted molar refractivity (Wildman–Crippen MR) is 79.1 cm³/mol. The first-order valence-electron chi connectivity index (χ1n) is 6.32. The first-order chi connectivity index (χ1) is 9.65. The molecule has 0 spiro atoms. The molecule has 4 heteroatoms. The largest absolute Gasteiger partial charge is 0.508 e. The molecule has 2 aromatic carbocycles. The number of phenols is 1. The molecule has 1 amide bonds. The van der Waals surface area contributed by atoms with Gasteiger partial charge in [-0.1, -0.05) is 12.1 Å². The topological polar surface area (TPSA) is 65.1 Å². The summed E-state index contributed by atoms with van der Waals surface area (Å²) in [4.78, 5) is 15.4. The summed E-state index contributed by atoms with van der Waals surface area (Å²) >= 11 is 0. The maximum Gasteiger partial charge on any atom is 0.257 e. The fourth-order valence-electron chi connectivity index (χ4n) is 2.25. The van der Waals surface area contributed by atoms with Crippen molar-refractivity contribution in [1.29, 1.82) is 0 Å². The first-order valence-corrected chi connectivity index (χ1v) is 6.32. The molecule has 0 aliphatic heterocycles. The molecular weight excluding hydrogens is 252 g/mol. The molecule has 0 atom stereocenters. The molecule has 4 nitrogen and oxygen atoms in total. The van der Waals surface area contributed by atoms with E-state index in [1.165, 1.54) is 0 Å². The summed E-state index contributed by atoms with van der Waals surface area (Å²) < 4.78 is 0. The van der Waals surface area contributed by atoms with Crippen molar-refractivity contribution < 1.29 is 9.90 Å². The van der Waals surface area contributed by atoms with E-state index in [9.17, 15) is 9.90 Å². The zero-order valence-corrected chi connectivity index (χ0v) is 11.0. The molecule has 0 bridgehead atoms. The van der Waals surface area contributed by atoms with E-state index in [0.717, 1.165) is 16.5 Å². The average molecular weight is 266 g/mol. The van der Waals surface area contributed by atoms with Gasteiger partial charge in [-0.05, 0) is 42.8 Å². The van der Waals surface area contributed by atoms with E-state index in [1.54, 1.807) is 24.3 Å². The van der Waals surface area contributed by atoms with Crippen LogP contribution >= 0.6 is 0 Å².